The van der Waals surface area contributed by atoms with Gasteiger partial charge in [0.15, 0.2) is 0 Å². The lowest BCUT2D eigenvalue weighted by atomic mass is 10.1. The summed E-state index contributed by atoms with van der Waals surface area (Å²) in [5.74, 6) is 0. The second kappa shape index (κ2) is 6.57. The van der Waals surface area contributed by atoms with E-state index in [-0.39, 0.29) is 5.56 Å². The Morgan fingerprint density at radius 3 is 2.78 bits per heavy atom. The number of nitrogens with one attached hydrogen (secondary N) is 1. The van der Waals surface area contributed by atoms with Crippen LogP contribution in [0, 0.1) is 0 Å². The summed E-state index contributed by atoms with van der Waals surface area (Å²) in [7, 11) is 0. The van der Waals surface area contributed by atoms with Gasteiger partial charge < -0.3 is 5.32 Å². The van der Waals surface area contributed by atoms with E-state index in [1.54, 1.807) is 16.9 Å². The molecule has 0 atom stereocenters. The number of rotatable bonds is 8. The predicted molar refractivity (Wildman–Crippen MR) is 73.9 cm³/mol. The van der Waals surface area contributed by atoms with Crippen LogP contribution in [0.3, 0.4) is 0 Å². The standard InChI is InChI=1S/C14H23N3O/c1-2-3-4-5-6-9-17-14(18)10-13(11-15-17)16-12-7-8-12/h10-12,16H,2-9H2,1H3. The van der Waals surface area contributed by atoms with Crippen molar-refractivity contribution in [3.63, 3.8) is 0 Å². The number of anilines is 1. The first-order valence-corrected chi connectivity index (χ1v) is 7.13. The van der Waals surface area contributed by atoms with Gasteiger partial charge in [0.25, 0.3) is 5.56 Å². The largest absolute Gasteiger partial charge is 0.381 e. The highest BCUT2D eigenvalue weighted by atomic mass is 16.1. The summed E-state index contributed by atoms with van der Waals surface area (Å²) in [6, 6.07) is 2.23. The second-order valence-electron chi connectivity index (χ2n) is 5.14. The molecule has 18 heavy (non-hydrogen) atoms. The molecule has 0 bridgehead atoms. The van der Waals surface area contributed by atoms with Crippen LogP contribution in [0.15, 0.2) is 17.1 Å². The topological polar surface area (TPSA) is 46.9 Å². The smallest absolute Gasteiger partial charge is 0.268 e. The summed E-state index contributed by atoms with van der Waals surface area (Å²) < 4.78 is 1.57. The number of aryl methyl sites for hydroxylation is 1. The fourth-order valence-corrected chi connectivity index (χ4v) is 2.01. The van der Waals surface area contributed by atoms with Crippen molar-refractivity contribution in [2.24, 2.45) is 0 Å². The molecule has 1 aromatic heterocycles. The number of hydrogen-bond acceptors (Lipinski definition) is 3. The van der Waals surface area contributed by atoms with Gasteiger partial charge in [-0.15, -0.1) is 0 Å². The third-order valence-corrected chi connectivity index (χ3v) is 3.29. The fourth-order valence-electron chi connectivity index (χ4n) is 2.01. The van der Waals surface area contributed by atoms with Gasteiger partial charge in [-0.2, -0.15) is 5.10 Å². The van der Waals surface area contributed by atoms with Crippen molar-refractivity contribution >= 4 is 5.69 Å². The van der Waals surface area contributed by atoms with Crippen LogP contribution in [0.25, 0.3) is 0 Å². The zero-order chi connectivity index (χ0) is 12.8. The SMILES string of the molecule is CCCCCCCn1ncc(NC2CC2)cc1=O. The minimum Gasteiger partial charge on any atom is -0.381 e. The molecule has 1 aromatic rings. The Bertz CT molecular complexity index is 423. The number of hydrogen-bond donors (Lipinski definition) is 1. The molecule has 1 aliphatic carbocycles. The summed E-state index contributed by atoms with van der Waals surface area (Å²) >= 11 is 0. The van der Waals surface area contributed by atoms with E-state index in [1.807, 2.05) is 0 Å². The first kappa shape index (κ1) is 13.1. The molecule has 0 unspecified atom stereocenters. The van der Waals surface area contributed by atoms with Crippen LogP contribution in [0.4, 0.5) is 5.69 Å². The molecule has 0 saturated heterocycles. The van der Waals surface area contributed by atoms with Crippen molar-refractivity contribution < 1.29 is 0 Å². The maximum atomic E-state index is 11.8. The second-order valence-corrected chi connectivity index (χ2v) is 5.14. The van der Waals surface area contributed by atoms with E-state index in [2.05, 4.69) is 17.3 Å². The number of unbranched alkanes of at least 4 members (excludes halogenated alkanes) is 4. The highest BCUT2D eigenvalue weighted by Gasteiger charge is 2.20. The quantitative estimate of drug-likeness (QED) is 0.721. The van der Waals surface area contributed by atoms with E-state index in [1.165, 1.54) is 38.5 Å². The Labute approximate surface area is 108 Å². The first-order chi connectivity index (χ1) is 8.79. The molecule has 4 heteroatoms. The number of aromatic nitrogens is 2. The highest BCUT2D eigenvalue weighted by Crippen LogP contribution is 2.23. The normalized spacial score (nSPS) is 14.7. The lowest BCUT2D eigenvalue weighted by molar-refractivity contribution is 0.513. The summed E-state index contributed by atoms with van der Waals surface area (Å²) in [5.41, 5.74) is 0.876. The Morgan fingerprint density at radius 1 is 1.33 bits per heavy atom. The molecule has 4 nitrogen and oxygen atoms in total. The van der Waals surface area contributed by atoms with Gasteiger partial charge in [0, 0.05) is 18.7 Å². The molecule has 0 radical (unpaired) electrons. The van der Waals surface area contributed by atoms with E-state index < -0.39 is 0 Å². The molecular formula is C14H23N3O. The van der Waals surface area contributed by atoms with E-state index in [4.69, 9.17) is 0 Å². The molecule has 1 fully saturated rings. The lowest BCUT2D eigenvalue weighted by Gasteiger charge is -2.07. The minimum atomic E-state index is 0.0103. The van der Waals surface area contributed by atoms with Crippen molar-refractivity contribution in [3.8, 4) is 0 Å². The van der Waals surface area contributed by atoms with E-state index in [9.17, 15) is 4.79 Å². The summed E-state index contributed by atoms with van der Waals surface area (Å²) in [6.07, 6.45) is 10.2. The van der Waals surface area contributed by atoms with Crippen molar-refractivity contribution in [1.82, 2.24) is 9.78 Å². The molecule has 0 spiro atoms. The van der Waals surface area contributed by atoms with E-state index in [0.29, 0.717) is 6.04 Å². The zero-order valence-electron chi connectivity index (χ0n) is 11.2. The van der Waals surface area contributed by atoms with Crippen molar-refractivity contribution in [3.05, 3.63) is 22.6 Å². The number of nitrogens with zero attached hydrogens (tertiary/aromatic N) is 2. The molecule has 100 valence electrons. The van der Waals surface area contributed by atoms with Crippen LogP contribution in [0.2, 0.25) is 0 Å². The van der Waals surface area contributed by atoms with Gasteiger partial charge in [-0.3, -0.25) is 4.79 Å². The molecule has 0 amide bonds. The summed E-state index contributed by atoms with van der Waals surface area (Å²) in [6.45, 7) is 2.95. The Hall–Kier alpha value is -1.32. The molecular weight excluding hydrogens is 226 g/mol. The average molecular weight is 249 g/mol. The summed E-state index contributed by atoms with van der Waals surface area (Å²) in [5, 5.41) is 7.51. The van der Waals surface area contributed by atoms with Crippen molar-refractivity contribution in [1.29, 1.82) is 0 Å². The monoisotopic (exact) mass is 249 g/mol. The van der Waals surface area contributed by atoms with Crippen LogP contribution in [0.5, 0.6) is 0 Å². The molecule has 1 heterocycles. The fraction of sp³-hybridized carbons (Fsp3) is 0.714. The van der Waals surface area contributed by atoms with Gasteiger partial charge in [-0.25, -0.2) is 4.68 Å². The Balaban J connectivity index is 1.79. The van der Waals surface area contributed by atoms with Crippen LogP contribution in [-0.4, -0.2) is 15.8 Å². The van der Waals surface area contributed by atoms with Gasteiger partial charge in [0.2, 0.25) is 0 Å². The third kappa shape index (κ3) is 4.17. The average Bonchev–Trinajstić information content (AvgIpc) is 3.15. The maximum absolute atomic E-state index is 11.8. The maximum Gasteiger partial charge on any atom is 0.268 e. The first-order valence-electron chi connectivity index (χ1n) is 7.13. The van der Waals surface area contributed by atoms with Gasteiger partial charge >= 0.3 is 0 Å². The van der Waals surface area contributed by atoms with E-state index in [0.717, 1.165) is 18.7 Å². The van der Waals surface area contributed by atoms with Crippen LogP contribution in [0.1, 0.15) is 51.9 Å². The van der Waals surface area contributed by atoms with Gasteiger partial charge in [-0.05, 0) is 19.3 Å². The van der Waals surface area contributed by atoms with Gasteiger partial charge in [0.05, 0.1) is 11.9 Å². The van der Waals surface area contributed by atoms with Gasteiger partial charge in [-0.1, -0.05) is 32.6 Å². The molecule has 0 aromatic carbocycles. The van der Waals surface area contributed by atoms with Crippen LogP contribution in [-0.2, 0) is 6.54 Å². The van der Waals surface area contributed by atoms with Crippen LogP contribution >= 0.6 is 0 Å². The Morgan fingerprint density at radius 2 is 2.11 bits per heavy atom. The highest BCUT2D eigenvalue weighted by molar-refractivity contribution is 5.41. The third-order valence-electron chi connectivity index (χ3n) is 3.29. The molecule has 1 saturated carbocycles. The molecule has 0 aliphatic heterocycles. The lowest BCUT2D eigenvalue weighted by Crippen LogP contribution is -2.22. The molecule has 1 N–H and O–H groups in total. The van der Waals surface area contributed by atoms with Crippen molar-refractivity contribution in [2.45, 2.75) is 64.5 Å². The Kier molecular flexibility index (Phi) is 4.79. The van der Waals surface area contributed by atoms with Gasteiger partial charge in [0.1, 0.15) is 0 Å². The summed E-state index contributed by atoms with van der Waals surface area (Å²) in [4.78, 5) is 11.8. The predicted octanol–water partition coefficient (Wildman–Crippen LogP) is 2.79. The van der Waals surface area contributed by atoms with E-state index >= 15 is 0 Å². The van der Waals surface area contributed by atoms with Crippen LogP contribution < -0.4 is 10.9 Å². The van der Waals surface area contributed by atoms with Crippen molar-refractivity contribution in [2.75, 3.05) is 5.32 Å². The zero-order valence-corrected chi connectivity index (χ0v) is 11.2. The minimum absolute atomic E-state index is 0.0103. The molecule has 1 aliphatic rings. The molecule has 2 rings (SSSR count).